The Balaban J connectivity index is 2.92. The molecule has 10 N–H and O–H groups in total. The Morgan fingerprint density at radius 3 is 2.21 bits per heavy atom. The zero-order valence-electron chi connectivity index (χ0n) is 18.7. The molecule has 0 fully saturated rings. The van der Waals surface area contributed by atoms with Crippen molar-refractivity contribution in [3.63, 3.8) is 0 Å². The summed E-state index contributed by atoms with van der Waals surface area (Å²) in [7, 11) is 0. The van der Waals surface area contributed by atoms with E-state index in [9.17, 15) is 34.2 Å². The average molecular weight is 502 g/mol. The van der Waals surface area contributed by atoms with E-state index in [0.29, 0.717) is 17.9 Å². The van der Waals surface area contributed by atoms with E-state index in [0.717, 1.165) is 0 Å². The Bertz CT molecular complexity index is 837. The van der Waals surface area contributed by atoms with Crippen molar-refractivity contribution in [2.24, 2.45) is 11.5 Å². The molecule has 0 aliphatic carbocycles. The van der Waals surface area contributed by atoms with Gasteiger partial charge in [0.15, 0.2) is 0 Å². The molecule has 1 rings (SSSR count). The maximum absolute atomic E-state index is 12.8. The normalized spacial score (nSPS) is 14.3. The molecule has 190 valence electrons. The molecular formula is C19H31N7O7S. The summed E-state index contributed by atoms with van der Waals surface area (Å²) in [5, 5.41) is 25.9. The summed E-state index contributed by atoms with van der Waals surface area (Å²) in [4.78, 5) is 66.8. The second kappa shape index (κ2) is 14.9. The van der Waals surface area contributed by atoms with Crippen molar-refractivity contribution in [3.8, 4) is 0 Å². The van der Waals surface area contributed by atoms with Crippen molar-refractivity contribution in [3.05, 3.63) is 18.2 Å². The van der Waals surface area contributed by atoms with Crippen molar-refractivity contribution in [2.45, 2.75) is 49.9 Å². The minimum absolute atomic E-state index is 0.0982. The van der Waals surface area contributed by atoms with Crippen LogP contribution in [0.3, 0.4) is 0 Å². The molecule has 34 heavy (non-hydrogen) atoms. The van der Waals surface area contributed by atoms with E-state index in [4.69, 9.17) is 11.5 Å². The number of amides is 4. The van der Waals surface area contributed by atoms with Crippen LogP contribution in [0.4, 0.5) is 0 Å². The molecule has 0 saturated heterocycles. The zero-order chi connectivity index (χ0) is 25.7. The first kappa shape index (κ1) is 28.9. The van der Waals surface area contributed by atoms with E-state index in [1.54, 1.807) is 0 Å². The Hall–Kier alpha value is -3.17. The highest BCUT2D eigenvalue weighted by molar-refractivity contribution is 7.98. The molecule has 15 heteroatoms. The molecule has 4 atom stereocenters. The third-order valence-corrected chi connectivity index (χ3v) is 5.34. The highest BCUT2D eigenvalue weighted by Crippen LogP contribution is 2.04. The quantitative estimate of drug-likeness (QED) is 0.113. The summed E-state index contributed by atoms with van der Waals surface area (Å²) in [5.74, 6) is -3.88. The molecule has 0 radical (unpaired) electrons. The van der Waals surface area contributed by atoms with Crippen LogP contribution in [-0.4, -0.2) is 92.6 Å². The largest absolute Gasteiger partial charge is 0.480 e. The molecule has 4 amide bonds. The predicted octanol–water partition coefficient (Wildman–Crippen LogP) is -3.17. The lowest BCUT2D eigenvalue weighted by molar-refractivity contribution is -0.142. The van der Waals surface area contributed by atoms with Gasteiger partial charge in [-0.15, -0.1) is 0 Å². The number of aromatic amines is 1. The summed E-state index contributed by atoms with van der Waals surface area (Å²) in [5.41, 5.74) is 11.3. The maximum atomic E-state index is 12.8. The van der Waals surface area contributed by atoms with Crippen molar-refractivity contribution in [1.82, 2.24) is 25.9 Å². The molecule has 0 aliphatic heterocycles. The van der Waals surface area contributed by atoms with Crippen LogP contribution < -0.4 is 27.4 Å². The van der Waals surface area contributed by atoms with E-state index < -0.39 is 60.4 Å². The van der Waals surface area contributed by atoms with Gasteiger partial charge in [-0.1, -0.05) is 0 Å². The van der Waals surface area contributed by atoms with Gasteiger partial charge in [0, 0.05) is 24.7 Å². The van der Waals surface area contributed by atoms with E-state index >= 15 is 0 Å². The number of aliphatic hydroxyl groups is 1. The van der Waals surface area contributed by atoms with Gasteiger partial charge in [0.05, 0.1) is 19.0 Å². The summed E-state index contributed by atoms with van der Waals surface area (Å²) >= 11 is 1.49. The Morgan fingerprint density at radius 2 is 1.68 bits per heavy atom. The van der Waals surface area contributed by atoms with Gasteiger partial charge in [0.1, 0.15) is 18.1 Å². The summed E-state index contributed by atoms with van der Waals surface area (Å²) < 4.78 is 0. The molecule has 4 unspecified atom stereocenters. The third-order valence-electron chi connectivity index (χ3n) is 4.69. The summed E-state index contributed by atoms with van der Waals surface area (Å²) in [6.45, 7) is -0.762. The molecule has 1 aromatic rings. The molecule has 1 heterocycles. The van der Waals surface area contributed by atoms with Gasteiger partial charge in [0.25, 0.3) is 0 Å². The Labute approximate surface area is 200 Å². The maximum Gasteiger partial charge on any atom is 0.326 e. The molecule has 0 aromatic carbocycles. The van der Waals surface area contributed by atoms with Crippen LogP contribution in [0.5, 0.6) is 0 Å². The lowest BCUT2D eigenvalue weighted by atomic mass is 10.1. The number of thioether (sulfide) groups is 1. The number of carboxylic acids is 1. The summed E-state index contributed by atoms with van der Waals surface area (Å²) in [6.07, 6.45) is 4.35. The number of nitrogens with zero attached hydrogens (tertiary/aromatic N) is 1. The predicted molar refractivity (Wildman–Crippen MR) is 122 cm³/mol. The number of hydrogen-bond acceptors (Lipinski definition) is 9. The lowest BCUT2D eigenvalue weighted by Gasteiger charge is -2.24. The smallest absolute Gasteiger partial charge is 0.326 e. The molecule has 0 saturated carbocycles. The number of rotatable bonds is 16. The number of H-pyrrole nitrogens is 1. The molecule has 0 bridgehead atoms. The highest BCUT2D eigenvalue weighted by Gasteiger charge is 2.30. The van der Waals surface area contributed by atoms with Crippen LogP contribution in [0.1, 0.15) is 25.0 Å². The van der Waals surface area contributed by atoms with Crippen LogP contribution in [0.15, 0.2) is 12.5 Å². The van der Waals surface area contributed by atoms with Gasteiger partial charge >= 0.3 is 5.97 Å². The minimum Gasteiger partial charge on any atom is -0.480 e. The zero-order valence-corrected chi connectivity index (χ0v) is 19.5. The van der Waals surface area contributed by atoms with Crippen molar-refractivity contribution in [1.29, 1.82) is 0 Å². The van der Waals surface area contributed by atoms with Crippen molar-refractivity contribution in [2.75, 3.05) is 18.6 Å². The minimum atomic E-state index is -1.43. The SMILES string of the molecule is CSCCC(N)C(=O)NC(CO)C(=O)NC(Cc1cnc[nH]1)C(=O)NC(CCC(N)=O)C(=O)O. The number of carboxylic acid groups (broad SMARTS) is 1. The van der Waals surface area contributed by atoms with Crippen molar-refractivity contribution < 1.29 is 34.2 Å². The number of imidazole rings is 1. The van der Waals surface area contributed by atoms with Crippen LogP contribution in [0.2, 0.25) is 0 Å². The topological polar surface area (TPSA) is 243 Å². The average Bonchev–Trinajstić information content (AvgIpc) is 3.30. The number of nitrogens with two attached hydrogens (primary N) is 2. The number of aromatic nitrogens is 2. The van der Waals surface area contributed by atoms with Gasteiger partial charge in [-0.3, -0.25) is 19.2 Å². The van der Waals surface area contributed by atoms with Gasteiger partial charge < -0.3 is 42.6 Å². The second-order valence-electron chi connectivity index (χ2n) is 7.38. The molecule has 0 spiro atoms. The van der Waals surface area contributed by atoms with Crippen LogP contribution in [-0.2, 0) is 30.4 Å². The fourth-order valence-electron chi connectivity index (χ4n) is 2.76. The number of nitrogens with one attached hydrogen (secondary N) is 4. The lowest BCUT2D eigenvalue weighted by Crippen LogP contribution is -2.58. The van der Waals surface area contributed by atoms with Gasteiger partial charge in [0.2, 0.25) is 23.6 Å². The standard InChI is InChI=1S/C19H31N7O7S/c1-34-5-4-11(20)16(29)26-14(8-27)18(31)25-13(6-10-7-22-9-23-10)17(30)24-12(19(32)33)2-3-15(21)28/h7,9,11-14,27H,2-6,8,20H2,1H3,(H2,21,28)(H,22,23)(H,24,30)(H,25,31)(H,26,29)(H,32,33). The van der Waals surface area contributed by atoms with E-state index in [2.05, 4.69) is 25.9 Å². The number of hydrogen-bond donors (Lipinski definition) is 8. The van der Waals surface area contributed by atoms with Gasteiger partial charge in [-0.2, -0.15) is 11.8 Å². The van der Waals surface area contributed by atoms with Crippen LogP contribution >= 0.6 is 11.8 Å². The highest BCUT2D eigenvalue weighted by atomic mass is 32.2. The first-order chi connectivity index (χ1) is 16.1. The monoisotopic (exact) mass is 501 g/mol. The first-order valence-electron chi connectivity index (χ1n) is 10.3. The molecule has 0 aliphatic rings. The van der Waals surface area contributed by atoms with Crippen molar-refractivity contribution >= 4 is 41.4 Å². The first-order valence-corrected chi connectivity index (χ1v) is 11.7. The molecular weight excluding hydrogens is 470 g/mol. The van der Waals surface area contributed by atoms with Crippen LogP contribution in [0.25, 0.3) is 0 Å². The van der Waals surface area contributed by atoms with Crippen LogP contribution in [0, 0.1) is 0 Å². The summed E-state index contributed by atoms with van der Waals surface area (Å²) in [6, 6.07) is -5.00. The molecule has 14 nitrogen and oxygen atoms in total. The number of aliphatic carboxylic acids is 1. The third kappa shape index (κ3) is 10.2. The number of primary amides is 1. The van der Waals surface area contributed by atoms with E-state index in [-0.39, 0.29) is 19.3 Å². The number of carbonyl (C=O) groups is 5. The fourth-order valence-corrected chi connectivity index (χ4v) is 3.25. The van der Waals surface area contributed by atoms with Gasteiger partial charge in [-0.25, -0.2) is 9.78 Å². The number of carbonyl (C=O) groups excluding carboxylic acids is 4. The molecule has 1 aromatic heterocycles. The van der Waals surface area contributed by atoms with E-state index in [1.165, 1.54) is 24.3 Å². The second-order valence-corrected chi connectivity index (χ2v) is 8.36. The fraction of sp³-hybridized carbons (Fsp3) is 0.579. The Kier molecular flexibility index (Phi) is 12.6. The Morgan fingerprint density at radius 1 is 1.06 bits per heavy atom. The number of aliphatic hydroxyl groups excluding tert-OH is 1. The van der Waals surface area contributed by atoms with E-state index in [1.807, 2.05) is 6.26 Å². The van der Waals surface area contributed by atoms with Gasteiger partial charge in [-0.05, 0) is 24.9 Å².